The van der Waals surface area contributed by atoms with E-state index in [1.54, 1.807) is 12.1 Å². The van der Waals surface area contributed by atoms with E-state index in [4.69, 9.17) is 5.26 Å². The molecule has 1 aliphatic rings. The molecule has 0 saturated heterocycles. The fourth-order valence-electron chi connectivity index (χ4n) is 3.35. The number of halogens is 1. The Morgan fingerprint density at radius 3 is 2.35 bits per heavy atom. The third-order valence-electron chi connectivity index (χ3n) is 5.00. The van der Waals surface area contributed by atoms with Gasteiger partial charge < -0.3 is 10.1 Å². The van der Waals surface area contributed by atoms with Crippen molar-refractivity contribution in [2.75, 3.05) is 13.7 Å². The Bertz CT molecular complexity index is 617. The standard InChI is InChI=1S/C20H26N2O3.ClH/c1-25-19(23)11-8-15-2-4-17(5-3-15)14-22-20(24)18-9-6-16(7-10-18)12-13-21;/h6-7,9-10,15,17H,2-5,8,11-12,14H2,1H3,(H,22,24);1H. The van der Waals surface area contributed by atoms with Gasteiger partial charge in [-0.2, -0.15) is 5.26 Å². The number of benzene rings is 1. The number of methoxy groups -OCH3 is 1. The van der Waals surface area contributed by atoms with Crippen LogP contribution in [-0.2, 0) is 16.0 Å². The van der Waals surface area contributed by atoms with Crippen molar-refractivity contribution in [3.8, 4) is 6.07 Å². The summed E-state index contributed by atoms with van der Waals surface area (Å²) in [5.74, 6) is 0.918. The molecule has 0 aliphatic heterocycles. The average Bonchev–Trinajstić information content (AvgIpc) is 2.65. The molecule has 26 heavy (non-hydrogen) atoms. The van der Waals surface area contributed by atoms with E-state index in [0.717, 1.165) is 37.7 Å². The second-order valence-corrected chi connectivity index (χ2v) is 6.74. The van der Waals surface area contributed by atoms with Gasteiger partial charge in [0.15, 0.2) is 0 Å². The molecule has 1 aromatic carbocycles. The molecule has 0 atom stereocenters. The molecular weight excluding hydrogens is 352 g/mol. The van der Waals surface area contributed by atoms with Gasteiger partial charge in [-0.05, 0) is 48.8 Å². The highest BCUT2D eigenvalue weighted by Crippen LogP contribution is 2.31. The summed E-state index contributed by atoms with van der Waals surface area (Å²) in [6.07, 6.45) is 6.17. The first kappa shape index (κ1) is 22.0. The van der Waals surface area contributed by atoms with Crippen LogP contribution < -0.4 is 5.32 Å². The van der Waals surface area contributed by atoms with E-state index in [0.29, 0.717) is 36.8 Å². The molecular formula is C20H27ClN2O3. The van der Waals surface area contributed by atoms with Crippen molar-refractivity contribution < 1.29 is 14.3 Å². The molecule has 0 aromatic heterocycles. The monoisotopic (exact) mass is 378 g/mol. The molecule has 0 heterocycles. The van der Waals surface area contributed by atoms with Crippen molar-refractivity contribution >= 4 is 24.3 Å². The minimum atomic E-state index is -0.129. The van der Waals surface area contributed by atoms with E-state index < -0.39 is 0 Å². The molecule has 0 unspecified atom stereocenters. The van der Waals surface area contributed by atoms with Crippen LogP contribution >= 0.6 is 12.4 Å². The third kappa shape index (κ3) is 7.05. The SMILES string of the molecule is COC(=O)CCC1CCC(CNC(=O)c2ccc(CC#N)cc2)CC1.Cl. The van der Waals surface area contributed by atoms with Crippen LogP contribution in [0.5, 0.6) is 0 Å². The number of esters is 1. The molecule has 1 saturated carbocycles. The highest BCUT2D eigenvalue weighted by Gasteiger charge is 2.22. The van der Waals surface area contributed by atoms with Gasteiger partial charge in [0.05, 0.1) is 19.6 Å². The van der Waals surface area contributed by atoms with Gasteiger partial charge in [-0.25, -0.2) is 0 Å². The quantitative estimate of drug-likeness (QED) is 0.734. The van der Waals surface area contributed by atoms with Crippen molar-refractivity contribution in [2.24, 2.45) is 11.8 Å². The molecule has 142 valence electrons. The fraction of sp³-hybridized carbons (Fsp3) is 0.550. The number of rotatable bonds is 7. The minimum absolute atomic E-state index is 0. The Morgan fingerprint density at radius 1 is 1.15 bits per heavy atom. The van der Waals surface area contributed by atoms with Crippen LogP contribution in [0.2, 0.25) is 0 Å². The predicted octanol–water partition coefficient (Wildman–Crippen LogP) is 3.66. The van der Waals surface area contributed by atoms with Gasteiger partial charge >= 0.3 is 5.97 Å². The molecule has 1 N–H and O–H groups in total. The lowest BCUT2D eigenvalue weighted by Gasteiger charge is -2.28. The van der Waals surface area contributed by atoms with Gasteiger partial charge in [-0.1, -0.05) is 25.0 Å². The molecule has 5 nitrogen and oxygen atoms in total. The second kappa shape index (κ2) is 11.5. The van der Waals surface area contributed by atoms with Crippen LogP contribution in [0, 0.1) is 23.2 Å². The number of nitriles is 1. The number of nitrogens with one attached hydrogen (secondary N) is 1. The molecule has 0 spiro atoms. The normalized spacial score (nSPS) is 18.9. The summed E-state index contributed by atoms with van der Waals surface area (Å²) in [6, 6.07) is 9.28. The van der Waals surface area contributed by atoms with Crippen LogP contribution in [0.1, 0.15) is 54.4 Å². The molecule has 0 radical (unpaired) electrons. The van der Waals surface area contributed by atoms with Crippen molar-refractivity contribution in [1.82, 2.24) is 5.32 Å². The smallest absolute Gasteiger partial charge is 0.305 e. The number of ether oxygens (including phenoxy) is 1. The Balaban J connectivity index is 0.00000338. The van der Waals surface area contributed by atoms with Crippen LogP contribution in [0.3, 0.4) is 0 Å². The molecule has 6 heteroatoms. The maximum atomic E-state index is 12.2. The first-order chi connectivity index (χ1) is 12.1. The number of hydrogen-bond acceptors (Lipinski definition) is 4. The highest BCUT2D eigenvalue weighted by molar-refractivity contribution is 5.94. The van der Waals surface area contributed by atoms with E-state index in [1.165, 1.54) is 7.11 Å². The van der Waals surface area contributed by atoms with Crippen molar-refractivity contribution in [3.63, 3.8) is 0 Å². The number of hydrogen-bond donors (Lipinski definition) is 1. The van der Waals surface area contributed by atoms with Gasteiger partial charge in [-0.3, -0.25) is 9.59 Å². The molecule has 1 aliphatic carbocycles. The number of carbonyl (C=O) groups is 2. The molecule has 1 fully saturated rings. The maximum absolute atomic E-state index is 12.2. The minimum Gasteiger partial charge on any atom is -0.469 e. The largest absolute Gasteiger partial charge is 0.469 e. The zero-order valence-corrected chi connectivity index (χ0v) is 16.0. The molecule has 1 amide bonds. The maximum Gasteiger partial charge on any atom is 0.305 e. The Morgan fingerprint density at radius 2 is 1.77 bits per heavy atom. The first-order valence-corrected chi connectivity index (χ1v) is 8.93. The van der Waals surface area contributed by atoms with Crippen molar-refractivity contribution in [1.29, 1.82) is 5.26 Å². The summed E-state index contributed by atoms with van der Waals surface area (Å²) in [6.45, 7) is 0.697. The predicted molar refractivity (Wildman–Crippen MR) is 102 cm³/mol. The van der Waals surface area contributed by atoms with Gasteiger partial charge in [0, 0.05) is 18.5 Å². The lowest BCUT2D eigenvalue weighted by atomic mass is 9.80. The van der Waals surface area contributed by atoms with E-state index in [-0.39, 0.29) is 24.3 Å². The number of amides is 1. The van der Waals surface area contributed by atoms with Crippen LogP contribution in [0.25, 0.3) is 0 Å². The van der Waals surface area contributed by atoms with Crippen LogP contribution in [0.15, 0.2) is 24.3 Å². The summed E-state index contributed by atoms with van der Waals surface area (Å²) in [5, 5.41) is 11.7. The lowest BCUT2D eigenvalue weighted by molar-refractivity contribution is -0.141. The summed E-state index contributed by atoms with van der Waals surface area (Å²) in [7, 11) is 1.43. The van der Waals surface area contributed by atoms with Crippen LogP contribution in [0.4, 0.5) is 0 Å². The molecule has 2 rings (SSSR count). The number of carbonyl (C=O) groups excluding carboxylic acids is 2. The Hall–Kier alpha value is -2.06. The summed E-state index contributed by atoms with van der Waals surface area (Å²) >= 11 is 0. The zero-order valence-electron chi connectivity index (χ0n) is 15.2. The zero-order chi connectivity index (χ0) is 18.1. The van der Waals surface area contributed by atoms with E-state index in [1.807, 2.05) is 12.1 Å². The average molecular weight is 379 g/mol. The lowest BCUT2D eigenvalue weighted by Crippen LogP contribution is -2.31. The third-order valence-corrected chi connectivity index (χ3v) is 5.00. The van der Waals surface area contributed by atoms with Crippen LogP contribution in [-0.4, -0.2) is 25.5 Å². The van der Waals surface area contributed by atoms with E-state index in [2.05, 4.69) is 16.1 Å². The van der Waals surface area contributed by atoms with Gasteiger partial charge in [-0.15, -0.1) is 12.4 Å². The topological polar surface area (TPSA) is 79.2 Å². The van der Waals surface area contributed by atoms with Gasteiger partial charge in [0.25, 0.3) is 5.91 Å². The fourth-order valence-corrected chi connectivity index (χ4v) is 3.35. The number of nitrogens with zero attached hydrogens (tertiary/aromatic N) is 1. The first-order valence-electron chi connectivity index (χ1n) is 8.93. The summed E-state index contributed by atoms with van der Waals surface area (Å²) in [4.78, 5) is 23.4. The highest BCUT2D eigenvalue weighted by atomic mass is 35.5. The van der Waals surface area contributed by atoms with E-state index >= 15 is 0 Å². The van der Waals surface area contributed by atoms with Crippen molar-refractivity contribution in [2.45, 2.75) is 44.9 Å². The Kier molecular flexibility index (Phi) is 9.75. The van der Waals surface area contributed by atoms with Gasteiger partial charge in [0.2, 0.25) is 0 Å². The molecule has 0 bridgehead atoms. The Labute approximate surface area is 161 Å². The van der Waals surface area contributed by atoms with Gasteiger partial charge in [0.1, 0.15) is 0 Å². The molecule has 1 aromatic rings. The second-order valence-electron chi connectivity index (χ2n) is 6.74. The van der Waals surface area contributed by atoms with E-state index in [9.17, 15) is 9.59 Å². The summed E-state index contributed by atoms with van der Waals surface area (Å²) in [5.41, 5.74) is 1.55. The van der Waals surface area contributed by atoms with Crippen molar-refractivity contribution in [3.05, 3.63) is 35.4 Å². The summed E-state index contributed by atoms with van der Waals surface area (Å²) < 4.78 is 4.69.